The van der Waals surface area contributed by atoms with Crippen molar-refractivity contribution < 1.29 is 27.5 Å². The Bertz CT molecular complexity index is 850. The Labute approximate surface area is 176 Å². The number of piperazine rings is 1. The lowest BCUT2D eigenvalue weighted by Gasteiger charge is -2.37. The number of amides is 3. The molecule has 2 fully saturated rings. The normalized spacial score (nSPS) is 18.8. The van der Waals surface area contributed by atoms with Crippen molar-refractivity contribution in [3.8, 4) is 0 Å². The zero-order valence-corrected chi connectivity index (χ0v) is 17.7. The van der Waals surface area contributed by atoms with Gasteiger partial charge in [-0.05, 0) is 18.2 Å². The predicted molar refractivity (Wildman–Crippen MR) is 110 cm³/mol. The van der Waals surface area contributed by atoms with Crippen LogP contribution in [0.4, 0.5) is 16.2 Å². The van der Waals surface area contributed by atoms with Crippen molar-refractivity contribution in [2.45, 2.75) is 0 Å². The number of hydrogen-bond donors (Lipinski definition) is 2. The second-order valence-electron chi connectivity index (χ2n) is 6.90. The Morgan fingerprint density at radius 1 is 1.00 bits per heavy atom. The summed E-state index contributed by atoms with van der Waals surface area (Å²) in [4.78, 5) is 25.8. The molecule has 30 heavy (non-hydrogen) atoms. The zero-order valence-electron chi connectivity index (χ0n) is 16.9. The van der Waals surface area contributed by atoms with Gasteiger partial charge in [0.05, 0.1) is 13.2 Å². The molecule has 0 unspecified atom stereocenters. The Morgan fingerprint density at radius 3 is 2.23 bits per heavy atom. The molecule has 0 bridgehead atoms. The SMILES string of the molecule is COCC(=O)Nc1cccc(NC(=O)N2CCN(S(=O)(=O)N3CCOCC3)CC2)c1. The number of hydrogen-bond acceptors (Lipinski definition) is 6. The molecule has 0 saturated carbocycles. The maximum absolute atomic E-state index is 12.7. The average Bonchev–Trinajstić information content (AvgIpc) is 2.75. The molecule has 0 atom stereocenters. The standard InChI is InChI=1S/C18H27N5O6S/c1-28-14-17(24)19-15-3-2-4-16(13-15)20-18(25)21-5-7-22(8-6-21)30(26,27)23-9-11-29-12-10-23/h2-4,13H,5-12,14H2,1H3,(H,19,24)(H,20,25). The van der Waals surface area contributed by atoms with E-state index < -0.39 is 10.2 Å². The van der Waals surface area contributed by atoms with Gasteiger partial charge in [-0.15, -0.1) is 0 Å². The van der Waals surface area contributed by atoms with E-state index >= 15 is 0 Å². The van der Waals surface area contributed by atoms with Crippen LogP contribution in [0.2, 0.25) is 0 Å². The maximum atomic E-state index is 12.7. The summed E-state index contributed by atoms with van der Waals surface area (Å²) >= 11 is 0. The first kappa shape index (κ1) is 22.4. The third-order valence-corrected chi connectivity index (χ3v) is 6.86. The van der Waals surface area contributed by atoms with Crippen molar-refractivity contribution in [1.29, 1.82) is 0 Å². The fourth-order valence-electron chi connectivity index (χ4n) is 3.27. The Balaban J connectivity index is 1.52. The van der Waals surface area contributed by atoms with Gasteiger partial charge in [0.1, 0.15) is 6.61 Å². The highest BCUT2D eigenvalue weighted by Gasteiger charge is 2.34. The average molecular weight is 442 g/mol. The number of methoxy groups -OCH3 is 1. The number of nitrogens with zero attached hydrogens (tertiary/aromatic N) is 3. The van der Waals surface area contributed by atoms with Crippen molar-refractivity contribution >= 4 is 33.5 Å². The first-order chi connectivity index (χ1) is 14.4. The summed E-state index contributed by atoms with van der Waals surface area (Å²) < 4.78 is 38.3. The molecule has 11 nitrogen and oxygen atoms in total. The molecule has 12 heteroatoms. The number of urea groups is 1. The van der Waals surface area contributed by atoms with Crippen LogP contribution in [-0.4, -0.2) is 100 Å². The van der Waals surface area contributed by atoms with Gasteiger partial charge in [0.25, 0.3) is 10.2 Å². The molecule has 0 aliphatic carbocycles. The molecule has 166 valence electrons. The summed E-state index contributed by atoms with van der Waals surface area (Å²) in [5.41, 5.74) is 1.06. The van der Waals surface area contributed by atoms with Gasteiger partial charge in [0.2, 0.25) is 5.91 Å². The van der Waals surface area contributed by atoms with E-state index in [1.165, 1.54) is 15.7 Å². The van der Waals surface area contributed by atoms with Crippen LogP contribution in [0.15, 0.2) is 24.3 Å². The molecule has 3 amide bonds. The lowest BCUT2D eigenvalue weighted by atomic mass is 10.2. The van der Waals surface area contributed by atoms with Crippen LogP contribution in [0, 0.1) is 0 Å². The number of anilines is 2. The summed E-state index contributed by atoms with van der Waals surface area (Å²) in [5, 5.41) is 5.46. The van der Waals surface area contributed by atoms with Gasteiger partial charge < -0.3 is 25.0 Å². The number of benzene rings is 1. The minimum absolute atomic E-state index is 0.0613. The second-order valence-corrected chi connectivity index (χ2v) is 8.83. The van der Waals surface area contributed by atoms with Crippen molar-refractivity contribution in [3.05, 3.63) is 24.3 Å². The van der Waals surface area contributed by atoms with E-state index in [9.17, 15) is 18.0 Å². The Kier molecular flexibility index (Phi) is 7.61. The molecule has 0 aromatic heterocycles. The lowest BCUT2D eigenvalue weighted by molar-refractivity contribution is -0.119. The Morgan fingerprint density at radius 2 is 1.60 bits per heavy atom. The minimum Gasteiger partial charge on any atom is -0.379 e. The lowest BCUT2D eigenvalue weighted by Crippen LogP contribution is -2.56. The smallest absolute Gasteiger partial charge is 0.321 e. The first-order valence-corrected chi connectivity index (χ1v) is 11.1. The summed E-state index contributed by atoms with van der Waals surface area (Å²) in [6.07, 6.45) is 0. The molecule has 2 heterocycles. The highest BCUT2D eigenvalue weighted by Crippen LogP contribution is 2.17. The van der Waals surface area contributed by atoms with Gasteiger partial charge in [-0.2, -0.15) is 17.0 Å². The minimum atomic E-state index is -3.54. The van der Waals surface area contributed by atoms with Crippen LogP contribution in [0.1, 0.15) is 0 Å². The van der Waals surface area contributed by atoms with Gasteiger partial charge in [-0.3, -0.25) is 4.79 Å². The topological polar surface area (TPSA) is 121 Å². The van der Waals surface area contributed by atoms with E-state index in [2.05, 4.69) is 10.6 Å². The molecule has 1 aromatic rings. The number of carbonyl (C=O) groups excluding carboxylic acids is 2. The van der Waals surface area contributed by atoms with Crippen LogP contribution < -0.4 is 10.6 Å². The molecular formula is C18H27N5O6S. The number of nitrogens with one attached hydrogen (secondary N) is 2. The monoisotopic (exact) mass is 441 g/mol. The van der Waals surface area contributed by atoms with E-state index in [1.807, 2.05) is 0 Å². The van der Waals surface area contributed by atoms with Crippen molar-refractivity contribution in [2.75, 3.05) is 76.8 Å². The number of ether oxygens (including phenoxy) is 2. The quantitative estimate of drug-likeness (QED) is 0.641. The van der Waals surface area contributed by atoms with Gasteiger partial charge in [-0.25, -0.2) is 4.79 Å². The number of carbonyl (C=O) groups is 2. The Hall–Kier alpha value is -2.25. The second kappa shape index (κ2) is 10.2. The third-order valence-electron chi connectivity index (χ3n) is 4.82. The van der Waals surface area contributed by atoms with Crippen LogP contribution in [0.3, 0.4) is 0 Å². The van der Waals surface area contributed by atoms with Gasteiger partial charge in [0.15, 0.2) is 0 Å². The molecule has 0 spiro atoms. The van der Waals surface area contributed by atoms with Gasteiger partial charge >= 0.3 is 6.03 Å². The number of rotatable bonds is 6. The third kappa shape index (κ3) is 5.67. The maximum Gasteiger partial charge on any atom is 0.321 e. The van der Waals surface area contributed by atoms with Crippen LogP contribution >= 0.6 is 0 Å². The van der Waals surface area contributed by atoms with Crippen molar-refractivity contribution in [2.24, 2.45) is 0 Å². The van der Waals surface area contributed by atoms with Crippen LogP contribution in [-0.2, 0) is 24.5 Å². The van der Waals surface area contributed by atoms with E-state index in [4.69, 9.17) is 9.47 Å². The fraction of sp³-hybridized carbons (Fsp3) is 0.556. The highest BCUT2D eigenvalue weighted by atomic mass is 32.2. The summed E-state index contributed by atoms with van der Waals surface area (Å²) in [6, 6.07) is 6.45. The van der Waals surface area contributed by atoms with Crippen LogP contribution in [0.25, 0.3) is 0 Å². The van der Waals surface area contributed by atoms with Gasteiger partial charge in [0, 0.05) is 57.8 Å². The first-order valence-electron chi connectivity index (χ1n) is 9.68. The van der Waals surface area contributed by atoms with Gasteiger partial charge in [-0.1, -0.05) is 6.07 Å². The molecule has 1 aromatic carbocycles. The van der Waals surface area contributed by atoms with E-state index in [1.54, 1.807) is 29.2 Å². The molecule has 2 aliphatic heterocycles. The fourth-order valence-corrected chi connectivity index (χ4v) is 4.83. The summed E-state index contributed by atoms with van der Waals surface area (Å²) in [5.74, 6) is -0.293. The van der Waals surface area contributed by atoms with E-state index in [0.29, 0.717) is 50.8 Å². The molecule has 2 N–H and O–H groups in total. The largest absolute Gasteiger partial charge is 0.379 e. The summed E-state index contributed by atoms with van der Waals surface area (Å²) in [6.45, 7) is 2.48. The van der Waals surface area contributed by atoms with Crippen molar-refractivity contribution in [3.63, 3.8) is 0 Å². The van der Waals surface area contributed by atoms with E-state index in [0.717, 1.165) is 0 Å². The predicted octanol–water partition coefficient (Wildman–Crippen LogP) is -0.00200. The molecule has 2 aliphatic rings. The molecule has 3 rings (SSSR count). The molecule has 0 radical (unpaired) electrons. The zero-order chi connectivity index (χ0) is 21.6. The van der Waals surface area contributed by atoms with Crippen LogP contribution in [0.5, 0.6) is 0 Å². The molecule has 2 saturated heterocycles. The van der Waals surface area contributed by atoms with E-state index in [-0.39, 0.29) is 31.6 Å². The summed E-state index contributed by atoms with van der Waals surface area (Å²) in [7, 11) is -2.10. The number of morpholine rings is 1. The molecular weight excluding hydrogens is 414 g/mol. The highest BCUT2D eigenvalue weighted by molar-refractivity contribution is 7.86. The van der Waals surface area contributed by atoms with Crippen molar-refractivity contribution in [1.82, 2.24) is 13.5 Å².